The number of nitrogens with zero attached hydrogens (tertiary/aromatic N) is 2. The van der Waals surface area contributed by atoms with Crippen LogP contribution in [0.1, 0.15) is 0 Å². The monoisotopic (exact) mass is 682 g/mol. The van der Waals surface area contributed by atoms with Gasteiger partial charge in [0.15, 0.2) is 7.14 Å². The van der Waals surface area contributed by atoms with E-state index in [1.807, 2.05) is 66.9 Å². The zero-order chi connectivity index (χ0) is 34.6. The Morgan fingerprint density at radius 3 is 1.46 bits per heavy atom. The maximum absolute atomic E-state index is 15.4. The van der Waals surface area contributed by atoms with Crippen LogP contribution in [0.15, 0.2) is 188 Å². The molecule has 4 heteroatoms. The van der Waals surface area contributed by atoms with Crippen molar-refractivity contribution < 1.29 is 4.57 Å². The Hall–Kier alpha value is -6.41. The summed E-state index contributed by atoms with van der Waals surface area (Å²) in [5.41, 5.74) is 4.83. The van der Waals surface area contributed by atoms with Crippen LogP contribution in [0.3, 0.4) is 0 Å². The summed E-state index contributed by atoms with van der Waals surface area (Å²) in [5.74, 6) is 0. The van der Waals surface area contributed by atoms with Gasteiger partial charge in [0.2, 0.25) is 0 Å². The standard InChI is InChI=1S/C48H31N2OP/c51-52(34-18-6-2-7-19-34,35-20-8-3-9-21-35)36-28-33(30-49-31-36)43-29-44-45(40-25-13-12-24-39(40)43)46-41-26-14-10-22-37(41)38-23-11-15-27-42(38)47(46)48(50-44)32-16-4-1-5-17-32/h1-31H. The molecule has 0 saturated carbocycles. The van der Waals surface area contributed by atoms with Crippen molar-refractivity contribution in [1.29, 1.82) is 0 Å². The highest BCUT2D eigenvalue weighted by molar-refractivity contribution is 7.85. The van der Waals surface area contributed by atoms with Crippen LogP contribution in [0.4, 0.5) is 0 Å². The molecule has 2 heterocycles. The van der Waals surface area contributed by atoms with E-state index in [2.05, 4.69) is 115 Å². The van der Waals surface area contributed by atoms with Crippen LogP contribution in [0, 0.1) is 0 Å². The van der Waals surface area contributed by atoms with Gasteiger partial charge < -0.3 is 4.57 Å². The van der Waals surface area contributed by atoms with Gasteiger partial charge in [0, 0.05) is 55.6 Å². The molecular weight excluding hydrogens is 652 g/mol. The highest BCUT2D eigenvalue weighted by Crippen LogP contribution is 2.47. The van der Waals surface area contributed by atoms with Gasteiger partial charge in [-0.05, 0) is 50.0 Å². The van der Waals surface area contributed by atoms with Crippen LogP contribution in [0.5, 0.6) is 0 Å². The highest BCUT2D eigenvalue weighted by Gasteiger charge is 2.30. The summed E-state index contributed by atoms with van der Waals surface area (Å²) in [5, 5.41) is 12.8. The zero-order valence-corrected chi connectivity index (χ0v) is 29.0. The summed E-state index contributed by atoms with van der Waals surface area (Å²) >= 11 is 0. The summed E-state index contributed by atoms with van der Waals surface area (Å²) in [6.07, 6.45) is 3.66. The number of benzene rings is 8. The molecule has 3 nitrogen and oxygen atoms in total. The molecule has 10 aromatic rings. The fourth-order valence-electron chi connectivity index (χ4n) is 8.05. The van der Waals surface area contributed by atoms with Gasteiger partial charge in [-0.2, -0.15) is 0 Å². The first-order valence-corrected chi connectivity index (χ1v) is 19.2. The van der Waals surface area contributed by atoms with Gasteiger partial charge in [0.25, 0.3) is 0 Å². The molecule has 0 aliphatic heterocycles. The normalized spacial score (nSPS) is 11.9. The molecule has 8 aromatic carbocycles. The van der Waals surface area contributed by atoms with Crippen molar-refractivity contribution in [2.45, 2.75) is 0 Å². The summed E-state index contributed by atoms with van der Waals surface area (Å²) in [4.78, 5) is 10.3. The van der Waals surface area contributed by atoms with Crippen LogP contribution in [-0.2, 0) is 4.57 Å². The average molecular weight is 683 g/mol. The average Bonchev–Trinajstić information content (AvgIpc) is 3.23. The summed E-state index contributed by atoms with van der Waals surface area (Å²) in [6, 6.07) is 60.4. The number of fused-ring (bicyclic) bond motifs is 10. The largest absolute Gasteiger partial charge is 0.309 e. The summed E-state index contributed by atoms with van der Waals surface area (Å²) < 4.78 is 15.4. The molecule has 244 valence electrons. The first-order chi connectivity index (χ1) is 25.7. The van der Waals surface area contributed by atoms with Crippen molar-refractivity contribution in [1.82, 2.24) is 9.97 Å². The molecule has 52 heavy (non-hydrogen) atoms. The van der Waals surface area contributed by atoms with E-state index in [-0.39, 0.29) is 0 Å². The van der Waals surface area contributed by atoms with Crippen molar-refractivity contribution in [2.24, 2.45) is 0 Å². The van der Waals surface area contributed by atoms with Gasteiger partial charge in [-0.25, -0.2) is 4.98 Å². The fourth-order valence-corrected chi connectivity index (χ4v) is 10.7. The molecule has 0 radical (unpaired) electrons. The molecule has 10 rings (SSSR count). The van der Waals surface area contributed by atoms with Crippen molar-refractivity contribution in [2.75, 3.05) is 0 Å². The maximum atomic E-state index is 15.4. The third kappa shape index (κ3) is 4.64. The molecule has 0 fully saturated rings. The Morgan fingerprint density at radius 1 is 0.385 bits per heavy atom. The van der Waals surface area contributed by atoms with Gasteiger partial charge in [0.05, 0.1) is 11.2 Å². The molecule has 0 N–H and O–H groups in total. The molecule has 0 atom stereocenters. The minimum Gasteiger partial charge on any atom is -0.309 e. The van der Waals surface area contributed by atoms with Crippen molar-refractivity contribution in [3.05, 3.63) is 188 Å². The highest BCUT2D eigenvalue weighted by atomic mass is 31.2. The lowest BCUT2D eigenvalue weighted by atomic mass is 9.87. The Bertz CT molecular complexity index is 2990. The lowest BCUT2D eigenvalue weighted by Crippen LogP contribution is -2.25. The Morgan fingerprint density at radius 2 is 0.865 bits per heavy atom. The third-order valence-electron chi connectivity index (χ3n) is 10.4. The second-order valence-corrected chi connectivity index (χ2v) is 16.0. The van der Waals surface area contributed by atoms with Gasteiger partial charge >= 0.3 is 0 Å². The van der Waals surface area contributed by atoms with E-state index in [0.717, 1.165) is 60.1 Å². The molecule has 0 unspecified atom stereocenters. The lowest BCUT2D eigenvalue weighted by Gasteiger charge is -2.21. The van der Waals surface area contributed by atoms with Crippen molar-refractivity contribution >= 4 is 77.0 Å². The Kier molecular flexibility index (Phi) is 7.09. The minimum atomic E-state index is -3.24. The number of hydrogen-bond donors (Lipinski definition) is 0. The molecule has 0 bridgehead atoms. The quantitative estimate of drug-likeness (QED) is 0.134. The van der Waals surface area contributed by atoms with Gasteiger partial charge in [0.1, 0.15) is 0 Å². The zero-order valence-electron chi connectivity index (χ0n) is 28.1. The number of rotatable bonds is 5. The van der Waals surface area contributed by atoms with E-state index >= 15 is 4.57 Å². The first-order valence-electron chi connectivity index (χ1n) is 17.5. The van der Waals surface area contributed by atoms with E-state index in [1.54, 1.807) is 6.20 Å². The fraction of sp³-hybridized carbons (Fsp3) is 0. The predicted molar refractivity (Wildman–Crippen MR) is 220 cm³/mol. The van der Waals surface area contributed by atoms with E-state index in [9.17, 15) is 0 Å². The van der Waals surface area contributed by atoms with Crippen molar-refractivity contribution in [3.63, 3.8) is 0 Å². The SMILES string of the molecule is O=P(c1ccccc1)(c1ccccc1)c1cncc(-c2cc3nc(-c4ccccc4)c4c5ccccc5c5ccccc5c4c3c3ccccc23)c1. The van der Waals surface area contributed by atoms with Crippen LogP contribution < -0.4 is 15.9 Å². The second kappa shape index (κ2) is 12.1. The maximum Gasteiger partial charge on any atom is 0.172 e. The summed E-state index contributed by atoms with van der Waals surface area (Å²) in [6.45, 7) is 0. The molecular formula is C48H31N2OP. The molecule has 0 amide bonds. The molecule has 0 spiro atoms. The van der Waals surface area contributed by atoms with E-state index in [4.69, 9.17) is 9.97 Å². The number of pyridine rings is 2. The van der Waals surface area contributed by atoms with Crippen LogP contribution in [-0.4, -0.2) is 9.97 Å². The minimum absolute atomic E-state index is 0.695. The lowest BCUT2D eigenvalue weighted by molar-refractivity contribution is 0.592. The second-order valence-electron chi connectivity index (χ2n) is 13.2. The number of aromatic nitrogens is 2. The molecule has 2 aromatic heterocycles. The van der Waals surface area contributed by atoms with Gasteiger partial charge in [-0.3, -0.25) is 4.98 Å². The molecule has 0 aliphatic rings. The van der Waals surface area contributed by atoms with E-state index in [0.29, 0.717) is 5.30 Å². The van der Waals surface area contributed by atoms with Crippen LogP contribution in [0.25, 0.3) is 76.4 Å². The van der Waals surface area contributed by atoms with Crippen LogP contribution in [0.2, 0.25) is 0 Å². The third-order valence-corrected chi connectivity index (χ3v) is 13.4. The van der Waals surface area contributed by atoms with Crippen LogP contribution >= 0.6 is 7.14 Å². The van der Waals surface area contributed by atoms with E-state index in [1.165, 1.54) is 26.9 Å². The predicted octanol–water partition coefficient (Wildman–Crippen LogP) is 11.2. The van der Waals surface area contributed by atoms with Gasteiger partial charge in [-0.15, -0.1) is 0 Å². The smallest absolute Gasteiger partial charge is 0.172 e. The van der Waals surface area contributed by atoms with Gasteiger partial charge in [-0.1, -0.05) is 164 Å². The van der Waals surface area contributed by atoms with Crippen molar-refractivity contribution in [3.8, 4) is 22.4 Å². The molecule has 0 saturated heterocycles. The first kappa shape index (κ1) is 30.4. The molecule has 0 aliphatic carbocycles. The Labute approximate surface area is 301 Å². The Balaban J connectivity index is 1.33. The number of hydrogen-bond acceptors (Lipinski definition) is 3. The topological polar surface area (TPSA) is 42.9 Å². The summed E-state index contributed by atoms with van der Waals surface area (Å²) in [7, 11) is -3.24. The van der Waals surface area contributed by atoms with E-state index < -0.39 is 7.14 Å².